The van der Waals surface area contributed by atoms with Crippen LogP contribution in [-0.4, -0.2) is 22.2 Å². The second kappa shape index (κ2) is 5.07. The highest BCUT2D eigenvalue weighted by Crippen LogP contribution is 2.15. The van der Waals surface area contributed by atoms with Crippen LogP contribution in [0.2, 0.25) is 0 Å². The molecule has 0 aliphatic heterocycles. The molecule has 0 amide bonds. The minimum atomic E-state index is -0.555. The fraction of sp³-hybridized carbons (Fsp3) is 0.750. The Kier molecular flexibility index (Phi) is 5.23. The van der Waals surface area contributed by atoms with Crippen LogP contribution in [-0.2, 0) is 0 Å². The standard InChI is InChI=1S/C8H15ClOS/c1-7(9)6-11-5-4-8(2,3)10/h10H,1,4-6H2,2-3H3. The van der Waals surface area contributed by atoms with Crippen molar-refractivity contribution in [3.05, 3.63) is 11.6 Å². The molecule has 1 nitrogen and oxygen atoms in total. The molecule has 0 atom stereocenters. The first kappa shape index (κ1) is 11.3. The second-order valence-electron chi connectivity index (χ2n) is 3.13. The van der Waals surface area contributed by atoms with Gasteiger partial charge in [0, 0.05) is 10.8 Å². The maximum absolute atomic E-state index is 9.31. The van der Waals surface area contributed by atoms with E-state index >= 15 is 0 Å². The third-order valence-electron chi connectivity index (χ3n) is 1.12. The number of thioether (sulfide) groups is 1. The Hall–Kier alpha value is 0.340. The number of hydrogen-bond donors (Lipinski definition) is 1. The fourth-order valence-electron chi connectivity index (χ4n) is 0.505. The second-order valence-corrected chi connectivity index (χ2v) is 4.77. The third kappa shape index (κ3) is 10.3. The van der Waals surface area contributed by atoms with Crippen molar-refractivity contribution >= 4 is 23.4 Å². The number of hydrogen-bond acceptors (Lipinski definition) is 2. The predicted octanol–water partition coefficient (Wildman–Crippen LogP) is 2.63. The molecular formula is C8H15ClOS. The Labute approximate surface area is 77.8 Å². The smallest absolute Gasteiger partial charge is 0.0599 e. The van der Waals surface area contributed by atoms with E-state index < -0.39 is 5.60 Å². The molecule has 0 fully saturated rings. The zero-order valence-electron chi connectivity index (χ0n) is 7.06. The van der Waals surface area contributed by atoms with E-state index in [0.29, 0.717) is 5.03 Å². The van der Waals surface area contributed by atoms with Crippen LogP contribution in [0.5, 0.6) is 0 Å². The topological polar surface area (TPSA) is 20.2 Å². The van der Waals surface area contributed by atoms with Crippen molar-refractivity contribution < 1.29 is 5.11 Å². The zero-order valence-corrected chi connectivity index (χ0v) is 8.63. The van der Waals surface area contributed by atoms with Gasteiger partial charge in [-0.25, -0.2) is 0 Å². The van der Waals surface area contributed by atoms with Crippen molar-refractivity contribution in [1.82, 2.24) is 0 Å². The average Bonchev–Trinajstić information content (AvgIpc) is 1.78. The van der Waals surface area contributed by atoms with Gasteiger partial charge in [0.25, 0.3) is 0 Å². The Morgan fingerprint density at radius 2 is 2.18 bits per heavy atom. The summed E-state index contributed by atoms with van der Waals surface area (Å²) in [5, 5.41) is 9.99. The number of aliphatic hydroxyl groups is 1. The van der Waals surface area contributed by atoms with Crippen LogP contribution in [0.4, 0.5) is 0 Å². The summed E-state index contributed by atoms with van der Waals surface area (Å²) in [6, 6.07) is 0. The molecule has 0 heterocycles. The SMILES string of the molecule is C=C(Cl)CSCCC(C)(C)O. The van der Waals surface area contributed by atoms with E-state index in [4.69, 9.17) is 11.6 Å². The molecule has 3 heteroatoms. The van der Waals surface area contributed by atoms with Crippen molar-refractivity contribution in [3.8, 4) is 0 Å². The maximum atomic E-state index is 9.31. The van der Waals surface area contributed by atoms with Gasteiger partial charge < -0.3 is 5.11 Å². The van der Waals surface area contributed by atoms with Gasteiger partial charge in [-0.05, 0) is 26.0 Å². The summed E-state index contributed by atoms with van der Waals surface area (Å²) < 4.78 is 0. The largest absolute Gasteiger partial charge is 0.390 e. The van der Waals surface area contributed by atoms with Crippen LogP contribution in [0.15, 0.2) is 11.6 Å². The molecule has 0 aromatic carbocycles. The minimum absolute atomic E-state index is 0.555. The molecule has 11 heavy (non-hydrogen) atoms. The molecule has 0 radical (unpaired) electrons. The highest BCUT2D eigenvalue weighted by Gasteiger charge is 2.10. The van der Waals surface area contributed by atoms with Crippen LogP contribution in [0.25, 0.3) is 0 Å². The molecule has 0 rings (SSSR count). The Morgan fingerprint density at radius 3 is 2.55 bits per heavy atom. The van der Waals surface area contributed by atoms with Gasteiger partial charge in [0.1, 0.15) is 0 Å². The van der Waals surface area contributed by atoms with Crippen molar-refractivity contribution in [2.24, 2.45) is 0 Å². The van der Waals surface area contributed by atoms with Gasteiger partial charge in [-0.15, -0.1) is 0 Å². The summed E-state index contributed by atoms with van der Waals surface area (Å²) >= 11 is 7.25. The van der Waals surface area contributed by atoms with Gasteiger partial charge in [0.2, 0.25) is 0 Å². The highest BCUT2D eigenvalue weighted by atomic mass is 35.5. The van der Waals surface area contributed by atoms with Gasteiger partial charge in [-0.2, -0.15) is 11.8 Å². The van der Waals surface area contributed by atoms with Crippen LogP contribution < -0.4 is 0 Å². The maximum Gasteiger partial charge on any atom is 0.0599 e. The van der Waals surface area contributed by atoms with E-state index in [1.54, 1.807) is 11.8 Å². The highest BCUT2D eigenvalue weighted by molar-refractivity contribution is 7.99. The quantitative estimate of drug-likeness (QED) is 0.680. The Balaban J connectivity index is 3.22. The van der Waals surface area contributed by atoms with E-state index in [1.807, 2.05) is 13.8 Å². The first-order chi connectivity index (χ1) is 4.92. The molecule has 0 aliphatic carbocycles. The van der Waals surface area contributed by atoms with Crippen molar-refractivity contribution in [1.29, 1.82) is 0 Å². The molecular weight excluding hydrogens is 180 g/mol. The van der Waals surface area contributed by atoms with Crippen molar-refractivity contribution in [2.45, 2.75) is 25.9 Å². The van der Waals surface area contributed by atoms with Crippen LogP contribution in [0.1, 0.15) is 20.3 Å². The molecule has 0 unspecified atom stereocenters. The van der Waals surface area contributed by atoms with Gasteiger partial charge in [0.15, 0.2) is 0 Å². The first-order valence-corrected chi connectivity index (χ1v) is 5.08. The summed E-state index contributed by atoms with van der Waals surface area (Å²) in [7, 11) is 0. The van der Waals surface area contributed by atoms with Crippen LogP contribution >= 0.6 is 23.4 Å². The van der Waals surface area contributed by atoms with Crippen molar-refractivity contribution in [2.75, 3.05) is 11.5 Å². The lowest BCUT2D eigenvalue weighted by Gasteiger charge is -2.15. The monoisotopic (exact) mass is 194 g/mol. The molecule has 0 saturated carbocycles. The number of halogens is 1. The molecule has 1 N–H and O–H groups in total. The van der Waals surface area contributed by atoms with Gasteiger partial charge in [-0.3, -0.25) is 0 Å². The zero-order chi connectivity index (χ0) is 8.91. The Bertz CT molecular complexity index is 129. The molecule has 66 valence electrons. The van der Waals surface area contributed by atoms with E-state index in [0.717, 1.165) is 17.9 Å². The summed E-state index contributed by atoms with van der Waals surface area (Å²) in [5.41, 5.74) is -0.555. The molecule has 0 aromatic heterocycles. The molecule has 0 aromatic rings. The van der Waals surface area contributed by atoms with Crippen LogP contribution in [0, 0.1) is 0 Å². The summed E-state index contributed by atoms with van der Waals surface area (Å²) in [4.78, 5) is 0. The molecule has 0 aliphatic rings. The summed E-state index contributed by atoms with van der Waals surface area (Å²) in [5.74, 6) is 1.70. The van der Waals surface area contributed by atoms with Gasteiger partial charge in [0.05, 0.1) is 5.60 Å². The van der Waals surface area contributed by atoms with E-state index in [-0.39, 0.29) is 0 Å². The predicted molar refractivity (Wildman–Crippen MR) is 53.2 cm³/mol. The lowest BCUT2D eigenvalue weighted by Crippen LogP contribution is -2.19. The summed E-state index contributed by atoms with van der Waals surface area (Å²) in [6.45, 7) is 7.19. The fourth-order valence-corrected chi connectivity index (χ4v) is 1.75. The average molecular weight is 195 g/mol. The molecule has 0 bridgehead atoms. The van der Waals surface area contributed by atoms with Gasteiger partial charge in [-0.1, -0.05) is 18.2 Å². The molecule has 0 spiro atoms. The van der Waals surface area contributed by atoms with E-state index in [2.05, 4.69) is 6.58 Å². The van der Waals surface area contributed by atoms with E-state index in [1.165, 1.54) is 0 Å². The third-order valence-corrected chi connectivity index (χ3v) is 2.45. The van der Waals surface area contributed by atoms with Crippen molar-refractivity contribution in [3.63, 3.8) is 0 Å². The van der Waals surface area contributed by atoms with Crippen LogP contribution in [0.3, 0.4) is 0 Å². The first-order valence-electron chi connectivity index (χ1n) is 3.55. The Morgan fingerprint density at radius 1 is 1.64 bits per heavy atom. The van der Waals surface area contributed by atoms with Gasteiger partial charge >= 0.3 is 0 Å². The minimum Gasteiger partial charge on any atom is -0.390 e. The lowest BCUT2D eigenvalue weighted by atomic mass is 10.1. The lowest BCUT2D eigenvalue weighted by molar-refractivity contribution is 0.0778. The summed E-state index contributed by atoms with van der Waals surface area (Å²) in [6.07, 6.45) is 0.793. The number of rotatable bonds is 5. The van der Waals surface area contributed by atoms with E-state index in [9.17, 15) is 5.11 Å². The normalized spacial score (nSPS) is 11.6. The molecule has 0 saturated heterocycles.